The van der Waals surface area contributed by atoms with Crippen molar-refractivity contribution < 1.29 is 4.42 Å². The Hall–Kier alpha value is -5.60. The van der Waals surface area contributed by atoms with Gasteiger partial charge in [-0.2, -0.15) is 0 Å². The smallest absolute Gasteiger partial charge is 0.143 e. The van der Waals surface area contributed by atoms with E-state index in [1.165, 1.54) is 49.9 Å². The molecule has 7 aromatic carbocycles. The van der Waals surface area contributed by atoms with Crippen LogP contribution >= 0.6 is 0 Å². The van der Waals surface area contributed by atoms with Crippen LogP contribution in [0.5, 0.6) is 0 Å². The first-order chi connectivity index (χ1) is 23.3. The van der Waals surface area contributed by atoms with Crippen molar-refractivity contribution in [1.29, 1.82) is 0 Å². The number of hydrogen-bond acceptors (Lipinski definition) is 2. The number of fused-ring (bicyclic) bond motifs is 11. The number of furan rings is 1. The van der Waals surface area contributed by atoms with Crippen molar-refractivity contribution in [2.24, 2.45) is 0 Å². The normalized spacial score (nSPS) is 15.0. The molecule has 230 valence electrons. The van der Waals surface area contributed by atoms with Crippen molar-refractivity contribution in [2.45, 2.75) is 38.5 Å². The lowest BCUT2D eigenvalue weighted by Crippen LogP contribution is -2.17. The van der Waals surface area contributed by atoms with E-state index in [9.17, 15) is 0 Å². The molecule has 0 unspecified atom stereocenters. The summed E-state index contributed by atoms with van der Waals surface area (Å²) in [5.41, 5.74) is 15.9. The molecule has 0 amide bonds. The summed E-state index contributed by atoms with van der Waals surface area (Å²) in [4.78, 5) is 2.44. The first kappa shape index (κ1) is 27.5. The molecule has 48 heavy (non-hydrogen) atoms. The summed E-state index contributed by atoms with van der Waals surface area (Å²) in [7, 11) is 0. The van der Waals surface area contributed by atoms with Gasteiger partial charge in [-0.15, -0.1) is 0 Å². The highest BCUT2D eigenvalue weighted by Crippen LogP contribution is 2.53. The minimum atomic E-state index is -0.0989. The van der Waals surface area contributed by atoms with Crippen molar-refractivity contribution >= 4 is 49.8 Å². The number of nitrogens with zero attached hydrogens (tertiary/aromatic N) is 1. The zero-order valence-corrected chi connectivity index (χ0v) is 27.6. The number of para-hydroxylation sites is 1. The third-order valence-corrected chi connectivity index (χ3v) is 11.3. The lowest BCUT2D eigenvalue weighted by Gasteiger charge is -2.29. The first-order valence-electron chi connectivity index (χ1n) is 16.9. The van der Waals surface area contributed by atoms with E-state index in [2.05, 4.69) is 166 Å². The fraction of sp³-hybridized carbons (Fsp3) is 0.130. The fourth-order valence-corrected chi connectivity index (χ4v) is 8.76. The van der Waals surface area contributed by atoms with Crippen molar-refractivity contribution in [3.05, 3.63) is 162 Å². The number of rotatable bonds is 3. The van der Waals surface area contributed by atoms with Gasteiger partial charge in [0.1, 0.15) is 11.2 Å². The zero-order chi connectivity index (χ0) is 32.4. The Morgan fingerprint density at radius 3 is 1.79 bits per heavy atom. The Morgan fingerprint density at radius 1 is 0.417 bits per heavy atom. The number of hydrogen-bond donors (Lipinski definition) is 0. The van der Waals surface area contributed by atoms with Gasteiger partial charge in [-0.25, -0.2) is 0 Å². The van der Waals surface area contributed by atoms with E-state index >= 15 is 0 Å². The van der Waals surface area contributed by atoms with E-state index < -0.39 is 0 Å². The molecule has 0 saturated heterocycles. The molecule has 2 aliphatic rings. The van der Waals surface area contributed by atoms with Crippen LogP contribution < -0.4 is 4.90 Å². The highest BCUT2D eigenvalue weighted by atomic mass is 16.3. The monoisotopic (exact) mass is 617 g/mol. The molecule has 0 N–H and O–H groups in total. The van der Waals surface area contributed by atoms with Crippen LogP contribution in [-0.4, -0.2) is 0 Å². The molecule has 2 heteroatoms. The Labute approximate surface area is 280 Å². The van der Waals surface area contributed by atoms with Crippen molar-refractivity contribution in [3.63, 3.8) is 0 Å². The second-order valence-corrected chi connectivity index (χ2v) is 14.6. The van der Waals surface area contributed by atoms with E-state index in [1.54, 1.807) is 0 Å². The van der Waals surface area contributed by atoms with Crippen LogP contribution in [0.1, 0.15) is 49.9 Å². The minimum absolute atomic E-state index is 0.0471. The van der Waals surface area contributed by atoms with Gasteiger partial charge in [0.05, 0.1) is 0 Å². The molecule has 0 spiro atoms. The predicted octanol–water partition coefficient (Wildman–Crippen LogP) is 12.8. The number of benzene rings is 7. The number of anilines is 3. The van der Waals surface area contributed by atoms with Gasteiger partial charge in [-0.3, -0.25) is 0 Å². The Balaban J connectivity index is 1.22. The van der Waals surface area contributed by atoms with Crippen LogP contribution in [0.2, 0.25) is 0 Å². The van der Waals surface area contributed by atoms with E-state index in [4.69, 9.17) is 4.42 Å². The van der Waals surface area contributed by atoms with E-state index in [0.29, 0.717) is 0 Å². The molecule has 0 fully saturated rings. The van der Waals surface area contributed by atoms with Crippen molar-refractivity contribution in [3.8, 4) is 22.3 Å². The summed E-state index contributed by atoms with van der Waals surface area (Å²) in [6, 6.07) is 51.5. The van der Waals surface area contributed by atoms with Crippen LogP contribution in [0.3, 0.4) is 0 Å². The van der Waals surface area contributed by atoms with Gasteiger partial charge in [-0.1, -0.05) is 119 Å². The molecule has 1 aromatic heterocycles. The van der Waals surface area contributed by atoms with Gasteiger partial charge in [-0.05, 0) is 98.4 Å². The van der Waals surface area contributed by atoms with E-state index in [0.717, 1.165) is 44.4 Å². The molecule has 0 atom stereocenters. The molecule has 1 heterocycles. The third kappa shape index (κ3) is 3.63. The molecule has 2 nitrogen and oxygen atoms in total. The second kappa shape index (κ2) is 9.49. The van der Waals surface area contributed by atoms with Gasteiger partial charge in [0.2, 0.25) is 0 Å². The molecule has 0 radical (unpaired) electrons. The summed E-state index contributed by atoms with van der Waals surface area (Å²) in [5.74, 6) is 0. The van der Waals surface area contributed by atoms with Crippen LogP contribution in [0.4, 0.5) is 17.1 Å². The van der Waals surface area contributed by atoms with Crippen molar-refractivity contribution in [2.75, 3.05) is 4.90 Å². The second-order valence-electron chi connectivity index (χ2n) is 14.6. The molecule has 0 aliphatic heterocycles. The quantitative estimate of drug-likeness (QED) is 0.196. The van der Waals surface area contributed by atoms with E-state index in [-0.39, 0.29) is 10.8 Å². The lowest BCUT2D eigenvalue weighted by molar-refractivity contribution is 0.660. The molecular formula is C46H35NO. The van der Waals surface area contributed by atoms with Gasteiger partial charge in [0, 0.05) is 44.1 Å². The fourth-order valence-electron chi connectivity index (χ4n) is 8.76. The maximum Gasteiger partial charge on any atom is 0.143 e. The average Bonchev–Trinajstić information content (AvgIpc) is 3.69. The standard InChI is InChI=1S/C46H35NO/c1-45(2)40-15-9-6-12-33(40)38-26-30(21-24-41(38)45)47(31-20-23-34-32-11-5-8-14-39(32)46(3,4)42(34)27-31)29-19-17-28-18-22-36-35-13-7-10-16-43(35)48-44(36)37(28)25-29/h5-27H,1-4H3. The first-order valence-corrected chi connectivity index (χ1v) is 16.9. The zero-order valence-electron chi connectivity index (χ0n) is 27.6. The molecule has 10 rings (SSSR count). The highest BCUT2D eigenvalue weighted by Gasteiger charge is 2.37. The summed E-state index contributed by atoms with van der Waals surface area (Å²) in [6.45, 7) is 9.40. The lowest BCUT2D eigenvalue weighted by atomic mass is 9.82. The van der Waals surface area contributed by atoms with Gasteiger partial charge in [0.15, 0.2) is 0 Å². The molecule has 8 aromatic rings. The molecule has 0 saturated carbocycles. The van der Waals surface area contributed by atoms with Crippen LogP contribution in [0.25, 0.3) is 55.0 Å². The third-order valence-electron chi connectivity index (χ3n) is 11.3. The predicted molar refractivity (Wildman–Crippen MR) is 201 cm³/mol. The topological polar surface area (TPSA) is 16.4 Å². The maximum absolute atomic E-state index is 6.54. The van der Waals surface area contributed by atoms with E-state index in [1.807, 2.05) is 6.07 Å². The molecular weight excluding hydrogens is 583 g/mol. The Bertz CT molecular complexity index is 2630. The van der Waals surface area contributed by atoms with Crippen molar-refractivity contribution in [1.82, 2.24) is 0 Å². The maximum atomic E-state index is 6.54. The SMILES string of the molecule is CC1(C)c2ccccc2-c2cc(N(c3ccc4c(c3)C(C)(C)c3ccccc3-4)c3ccc4ccc5c6ccccc6oc5c4c3)ccc21. The Kier molecular flexibility index (Phi) is 5.44. The molecule has 2 aliphatic carbocycles. The Morgan fingerprint density at radius 2 is 0.979 bits per heavy atom. The summed E-state index contributed by atoms with van der Waals surface area (Å²) < 4.78 is 6.54. The largest absolute Gasteiger partial charge is 0.455 e. The van der Waals surface area contributed by atoms with Gasteiger partial charge < -0.3 is 9.32 Å². The van der Waals surface area contributed by atoms with Crippen LogP contribution in [0, 0.1) is 0 Å². The summed E-state index contributed by atoms with van der Waals surface area (Å²) in [6.07, 6.45) is 0. The van der Waals surface area contributed by atoms with Crippen LogP contribution in [-0.2, 0) is 10.8 Å². The van der Waals surface area contributed by atoms with Gasteiger partial charge in [0.25, 0.3) is 0 Å². The molecule has 0 bridgehead atoms. The van der Waals surface area contributed by atoms with Crippen LogP contribution in [0.15, 0.2) is 144 Å². The summed E-state index contributed by atoms with van der Waals surface area (Å²) >= 11 is 0. The summed E-state index contributed by atoms with van der Waals surface area (Å²) in [5, 5.41) is 4.58. The average molecular weight is 618 g/mol. The highest BCUT2D eigenvalue weighted by molar-refractivity contribution is 6.15. The van der Waals surface area contributed by atoms with Gasteiger partial charge >= 0.3 is 0 Å². The minimum Gasteiger partial charge on any atom is -0.455 e.